The minimum Gasteiger partial charge on any atom is -0.445 e. The Labute approximate surface area is 188 Å². The molecule has 5 aromatic rings. The van der Waals surface area contributed by atoms with Gasteiger partial charge < -0.3 is 14.8 Å². The van der Waals surface area contributed by atoms with E-state index in [1.165, 1.54) is 24.9 Å². The van der Waals surface area contributed by atoms with Crippen molar-refractivity contribution in [2.45, 2.75) is 12.5 Å². The Bertz CT molecular complexity index is 1450. The lowest BCUT2D eigenvalue weighted by atomic mass is 9.94. The van der Waals surface area contributed by atoms with E-state index in [2.05, 4.69) is 30.2 Å². The van der Waals surface area contributed by atoms with E-state index in [-0.39, 0.29) is 11.6 Å². The predicted octanol–water partition coefficient (Wildman–Crippen LogP) is 3.26. The summed E-state index contributed by atoms with van der Waals surface area (Å²) in [6.07, 6.45) is 12.4. The van der Waals surface area contributed by atoms with Crippen molar-refractivity contribution in [2.75, 3.05) is 5.32 Å². The van der Waals surface area contributed by atoms with Crippen LogP contribution < -0.4 is 5.32 Å². The van der Waals surface area contributed by atoms with E-state index in [1.54, 1.807) is 49.9 Å². The number of aryl methyl sites for hydroxylation is 1. The first kappa shape index (κ1) is 20.4. The Morgan fingerprint density at radius 1 is 1.00 bits per heavy atom. The highest BCUT2D eigenvalue weighted by Gasteiger charge is 2.47. The molecule has 2 N–H and O–H groups in total. The molecule has 0 aliphatic heterocycles. The number of anilines is 1. The van der Waals surface area contributed by atoms with Crippen LogP contribution in [0.1, 0.15) is 17.1 Å². The fraction of sp³-hybridized carbons (Fsp3) is 0.0833. The van der Waals surface area contributed by atoms with Gasteiger partial charge in [0.05, 0.1) is 29.3 Å². The van der Waals surface area contributed by atoms with E-state index >= 15 is 0 Å². The molecule has 1 atom stereocenters. The summed E-state index contributed by atoms with van der Waals surface area (Å²) in [5.41, 5.74) is 1.08. The summed E-state index contributed by atoms with van der Waals surface area (Å²) < 4.78 is 5.31. The number of amides is 1. The van der Waals surface area contributed by atoms with Crippen LogP contribution in [-0.2, 0) is 10.4 Å². The number of oxazole rings is 1. The van der Waals surface area contributed by atoms with Gasteiger partial charge in [-0.2, -0.15) is 0 Å². The molecule has 162 valence electrons. The van der Waals surface area contributed by atoms with Gasteiger partial charge in [0.25, 0.3) is 11.5 Å². The molecule has 33 heavy (non-hydrogen) atoms. The van der Waals surface area contributed by atoms with Gasteiger partial charge in [-0.25, -0.2) is 4.98 Å². The molecule has 0 saturated heterocycles. The van der Waals surface area contributed by atoms with E-state index in [0.717, 1.165) is 16.5 Å². The van der Waals surface area contributed by atoms with Crippen molar-refractivity contribution in [3.05, 3.63) is 97.1 Å². The molecular formula is C24H18N6O3. The number of rotatable bonds is 5. The van der Waals surface area contributed by atoms with Crippen molar-refractivity contribution in [3.8, 4) is 11.1 Å². The highest BCUT2D eigenvalue weighted by Crippen LogP contribution is 2.32. The van der Waals surface area contributed by atoms with Crippen LogP contribution in [-0.4, -0.2) is 35.9 Å². The molecule has 0 radical (unpaired) electrons. The van der Waals surface area contributed by atoms with E-state index in [0.29, 0.717) is 16.8 Å². The first-order valence-electron chi connectivity index (χ1n) is 10.1. The molecule has 5 rings (SSSR count). The number of hydrogen-bond acceptors (Lipinski definition) is 8. The number of aromatic nitrogens is 5. The molecule has 9 nitrogen and oxygen atoms in total. The van der Waals surface area contributed by atoms with Crippen LogP contribution in [0.15, 0.2) is 84.4 Å². The van der Waals surface area contributed by atoms with Gasteiger partial charge in [0, 0.05) is 47.5 Å². The molecule has 0 spiro atoms. The zero-order chi connectivity index (χ0) is 22.8. The molecule has 1 amide bonds. The molecule has 0 aliphatic carbocycles. The Balaban J connectivity index is 1.54. The van der Waals surface area contributed by atoms with Gasteiger partial charge in [-0.05, 0) is 36.8 Å². The third-order valence-electron chi connectivity index (χ3n) is 5.24. The minimum atomic E-state index is -2.24. The SMILES string of the molecule is Cc1cccnc1[C@](O)(C(=O)Nc1cncc(-c2cncc3cccnc23)c1)c1ncco1. The van der Waals surface area contributed by atoms with Crippen LogP contribution in [0.3, 0.4) is 0 Å². The topological polar surface area (TPSA) is 127 Å². The Morgan fingerprint density at radius 3 is 2.64 bits per heavy atom. The van der Waals surface area contributed by atoms with Crippen molar-refractivity contribution in [3.63, 3.8) is 0 Å². The summed E-state index contributed by atoms with van der Waals surface area (Å²) in [4.78, 5) is 34.6. The Morgan fingerprint density at radius 2 is 1.82 bits per heavy atom. The quantitative estimate of drug-likeness (QED) is 0.428. The van der Waals surface area contributed by atoms with Gasteiger partial charge in [-0.1, -0.05) is 6.07 Å². The van der Waals surface area contributed by atoms with Crippen LogP contribution in [0.2, 0.25) is 0 Å². The summed E-state index contributed by atoms with van der Waals surface area (Å²) in [5.74, 6) is -0.965. The zero-order valence-corrected chi connectivity index (χ0v) is 17.5. The zero-order valence-electron chi connectivity index (χ0n) is 17.5. The number of nitrogens with zero attached hydrogens (tertiary/aromatic N) is 5. The number of carbonyl (C=O) groups is 1. The second kappa shape index (κ2) is 8.21. The van der Waals surface area contributed by atoms with Crippen LogP contribution in [0.25, 0.3) is 22.0 Å². The van der Waals surface area contributed by atoms with Gasteiger partial charge in [-0.15, -0.1) is 0 Å². The van der Waals surface area contributed by atoms with E-state index in [1.807, 2.05) is 12.1 Å². The first-order valence-corrected chi connectivity index (χ1v) is 10.1. The number of hydrogen-bond donors (Lipinski definition) is 2. The third-order valence-corrected chi connectivity index (χ3v) is 5.24. The molecule has 0 saturated carbocycles. The molecule has 5 heterocycles. The highest BCUT2D eigenvalue weighted by molar-refractivity contribution is 6.00. The maximum Gasteiger partial charge on any atom is 0.272 e. The van der Waals surface area contributed by atoms with Gasteiger partial charge in [-0.3, -0.25) is 24.7 Å². The summed E-state index contributed by atoms with van der Waals surface area (Å²) in [6.45, 7) is 1.74. The molecule has 9 heteroatoms. The molecular weight excluding hydrogens is 420 g/mol. The Hall–Kier alpha value is -4.50. The number of nitrogens with one attached hydrogen (secondary N) is 1. The predicted molar refractivity (Wildman–Crippen MR) is 120 cm³/mol. The van der Waals surface area contributed by atoms with Gasteiger partial charge >= 0.3 is 0 Å². The summed E-state index contributed by atoms with van der Waals surface area (Å²) in [6, 6.07) is 8.95. The number of aliphatic hydroxyl groups is 1. The molecule has 5 aromatic heterocycles. The van der Waals surface area contributed by atoms with Crippen LogP contribution >= 0.6 is 0 Å². The van der Waals surface area contributed by atoms with Gasteiger partial charge in [0.15, 0.2) is 0 Å². The molecule has 0 bridgehead atoms. The lowest BCUT2D eigenvalue weighted by Crippen LogP contribution is -2.43. The van der Waals surface area contributed by atoms with Gasteiger partial charge in [0.2, 0.25) is 5.89 Å². The van der Waals surface area contributed by atoms with E-state index < -0.39 is 11.5 Å². The van der Waals surface area contributed by atoms with Crippen LogP contribution in [0.5, 0.6) is 0 Å². The van der Waals surface area contributed by atoms with Gasteiger partial charge in [0.1, 0.15) is 6.26 Å². The molecule has 0 fully saturated rings. The summed E-state index contributed by atoms with van der Waals surface area (Å²) in [5, 5.41) is 15.1. The monoisotopic (exact) mass is 438 g/mol. The largest absolute Gasteiger partial charge is 0.445 e. The smallest absolute Gasteiger partial charge is 0.272 e. The Kier molecular flexibility index (Phi) is 5.08. The van der Waals surface area contributed by atoms with Crippen molar-refractivity contribution < 1.29 is 14.3 Å². The van der Waals surface area contributed by atoms with Crippen LogP contribution in [0.4, 0.5) is 5.69 Å². The summed E-state index contributed by atoms with van der Waals surface area (Å²) in [7, 11) is 0. The lowest BCUT2D eigenvalue weighted by molar-refractivity contribution is -0.133. The fourth-order valence-electron chi connectivity index (χ4n) is 3.66. The van der Waals surface area contributed by atoms with E-state index in [4.69, 9.17) is 4.42 Å². The maximum absolute atomic E-state index is 13.4. The average Bonchev–Trinajstić information content (AvgIpc) is 3.39. The molecule has 0 aromatic carbocycles. The lowest BCUT2D eigenvalue weighted by Gasteiger charge is -2.24. The van der Waals surface area contributed by atoms with E-state index in [9.17, 15) is 9.90 Å². The number of fused-ring (bicyclic) bond motifs is 1. The van der Waals surface area contributed by atoms with Crippen LogP contribution in [0, 0.1) is 6.92 Å². The minimum absolute atomic E-state index is 0.122. The van der Waals surface area contributed by atoms with Crippen molar-refractivity contribution in [1.29, 1.82) is 0 Å². The second-order valence-electron chi connectivity index (χ2n) is 7.40. The third kappa shape index (κ3) is 3.60. The maximum atomic E-state index is 13.4. The highest BCUT2D eigenvalue weighted by atomic mass is 16.4. The van der Waals surface area contributed by atoms with Crippen molar-refractivity contribution in [1.82, 2.24) is 24.9 Å². The fourth-order valence-corrected chi connectivity index (χ4v) is 3.66. The van der Waals surface area contributed by atoms with Crippen molar-refractivity contribution in [2.24, 2.45) is 0 Å². The summed E-state index contributed by atoms with van der Waals surface area (Å²) >= 11 is 0. The van der Waals surface area contributed by atoms with Crippen molar-refractivity contribution >= 4 is 22.5 Å². The molecule has 0 aliphatic rings. The second-order valence-corrected chi connectivity index (χ2v) is 7.40. The number of pyridine rings is 4. The first-order chi connectivity index (χ1) is 16.1. The number of carbonyl (C=O) groups excluding carboxylic acids is 1. The standard InChI is InChI=1S/C24H18N6O3/c1-15-4-2-7-28-21(15)24(32,23-29-8-9-33-23)22(31)30-18-10-17(12-25-13-18)19-14-26-11-16-5-3-6-27-20(16)19/h2-14,32H,1H3,(H,30,31)/t24-/m0/s1. The normalized spacial score (nSPS) is 12.9. The average molecular weight is 438 g/mol. The molecule has 0 unspecified atom stereocenters.